The van der Waals surface area contributed by atoms with E-state index in [1.165, 1.54) is 6.07 Å². The zero-order valence-corrected chi connectivity index (χ0v) is 14.8. The number of aromatic nitrogens is 2. The summed E-state index contributed by atoms with van der Waals surface area (Å²) >= 11 is 0. The number of amides is 1. The number of aryl methyl sites for hydroxylation is 1. The van der Waals surface area contributed by atoms with Gasteiger partial charge in [-0.2, -0.15) is 0 Å². The van der Waals surface area contributed by atoms with Crippen molar-refractivity contribution in [2.24, 2.45) is 0 Å². The monoisotopic (exact) mass is 345 g/mol. The van der Waals surface area contributed by atoms with Crippen LogP contribution in [0.2, 0.25) is 0 Å². The third kappa shape index (κ3) is 6.11. The Labute approximate surface area is 147 Å². The fourth-order valence-electron chi connectivity index (χ4n) is 2.27. The molecule has 0 aliphatic heterocycles. The van der Waals surface area contributed by atoms with Gasteiger partial charge in [-0.25, -0.2) is 14.4 Å². The highest BCUT2D eigenvalue weighted by atomic mass is 19.1. The molecule has 6 nitrogen and oxygen atoms in total. The molecule has 2 rings (SSSR count). The smallest absolute Gasteiger partial charge is 0.270 e. The zero-order valence-electron chi connectivity index (χ0n) is 14.8. The Kier molecular flexibility index (Phi) is 6.82. The van der Waals surface area contributed by atoms with E-state index in [1.807, 2.05) is 14.1 Å². The van der Waals surface area contributed by atoms with E-state index in [0.29, 0.717) is 29.4 Å². The van der Waals surface area contributed by atoms with Gasteiger partial charge in [0.05, 0.1) is 0 Å². The second-order valence-electron chi connectivity index (χ2n) is 6.08. The minimum Gasteiger partial charge on any atom is -0.351 e. The van der Waals surface area contributed by atoms with Crippen molar-refractivity contribution in [3.05, 3.63) is 53.1 Å². The fourth-order valence-corrected chi connectivity index (χ4v) is 2.27. The number of nitrogens with one attached hydrogen (secondary N) is 2. The second-order valence-corrected chi connectivity index (χ2v) is 6.08. The molecule has 1 aromatic heterocycles. The van der Waals surface area contributed by atoms with Gasteiger partial charge in [0.15, 0.2) is 0 Å². The molecule has 0 fully saturated rings. The lowest BCUT2D eigenvalue weighted by atomic mass is 10.2. The molecule has 0 saturated heterocycles. The Bertz CT molecular complexity index is 720. The van der Waals surface area contributed by atoms with Crippen LogP contribution in [-0.4, -0.2) is 48.0 Å². The van der Waals surface area contributed by atoms with Crippen LogP contribution in [0, 0.1) is 12.7 Å². The number of carbonyl (C=O) groups excluding carboxylic acids is 1. The Morgan fingerprint density at radius 1 is 1.24 bits per heavy atom. The van der Waals surface area contributed by atoms with Gasteiger partial charge in [0.1, 0.15) is 11.5 Å². The predicted molar refractivity (Wildman–Crippen MR) is 96.0 cm³/mol. The van der Waals surface area contributed by atoms with Gasteiger partial charge >= 0.3 is 0 Å². The van der Waals surface area contributed by atoms with E-state index >= 15 is 0 Å². The molecule has 0 saturated carbocycles. The summed E-state index contributed by atoms with van der Waals surface area (Å²) in [5.74, 6) is -0.221. The third-order valence-electron chi connectivity index (χ3n) is 3.55. The van der Waals surface area contributed by atoms with Gasteiger partial charge in [0.25, 0.3) is 5.91 Å². The minimum atomic E-state index is -0.290. The Balaban J connectivity index is 1.97. The Hall–Kier alpha value is -2.54. The Morgan fingerprint density at radius 2 is 2.00 bits per heavy atom. The van der Waals surface area contributed by atoms with Crippen molar-refractivity contribution in [3.8, 4) is 0 Å². The van der Waals surface area contributed by atoms with Gasteiger partial charge in [-0.15, -0.1) is 0 Å². The molecular weight excluding hydrogens is 321 g/mol. The number of rotatable bonds is 8. The van der Waals surface area contributed by atoms with E-state index in [1.54, 1.807) is 31.2 Å². The van der Waals surface area contributed by atoms with Gasteiger partial charge in [-0.05, 0) is 46.1 Å². The van der Waals surface area contributed by atoms with Crippen LogP contribution in [0.15, 0.2) is 30.3 Å². The summed E-state index contributed by atoms with van der Waals surface area (Å²) in [5, 5.41) is 5.82. The predicted octanol–water partition coefficient (Wildman–Crippen LogP) is 2.22. The van der Waals surface area contributed by atoms with Crippen LogP contribution in [0.1, 0.15) is 28.2 Å². The molecule has 0 spiro atoms. The van der Waals surface area contributed by atoms with Crippen LogP contribution >= 0.6 is 0 Å². The zero-order chi connectivity index (χ0) is 18.2. The molecule has 2 N–H and O–H groups in total. The fraction of sp³-hybridized carbons (Fsp3) is 0.389. The summed E-state index contributed by atoms with van der Waals surface area (Å²) in [6.45, 7) is 3.52. The molecule has 7 heteroatoms. The molecule has 0 unspecified atom stereocenters. The summed E-state index contributed by atoms with van der Waals surface area (Å²) in [6, 6.07) is 8.14. The second kappa shape index (κ2) is 9.08. The molecular formula is C18H24FN5O. The normalized spacial score (nSPS) is 10.8. The average molecular weight is 345 g/mol. The summed E-state index contributed by atoms with van der Waals surface area (Å²) in [4.78, 5) is 22.8. The first kappa shape index (κ1) is 18.8. The van der Waals surface area contributed by atoms with Crippen molar-refractivity contribution in [3.63, 3.8) is 0 Å². The van der Waals surface area contributed by atoms with Crippen molar-refractivity contribution in [1.82, 2.24) is 20.2 Å². The van der Waals surface area contributed by atoms with Crippen LogP contribution in [-0.2, 0) is 6.54 Å². The highest BCUT2D eigenvalue weighted by Gasteiger charge is 2.10. The standard InChI is InChI=1S/C18H24FN5O/c1-13-11-16(17(25)20-9-6-10-24(2)3)23-18(22-13)21-12-14-7-4-5-8-15(14)19/h4-5,7-8,11H,6,9-10,12H2,1-3H3,(H,20,25)(H,21,22,23). The van der Waals surface area contributed by atoms with Crippen molar-refractivity contribution in [2.45, 2.75) is 19.9 Å². The highest BCUT2D eigenvalue weighted by molar-refractivity contribution is 5.92. The molecule has 25 heavy (non-hydrogen) atoms. The minimum absolute atomic E-state index is 0.238. The third-order valence-corrected chi connectivity index (χ3v) is 3.55. The summed E-state index contributed by atoms with van der Waals surface area (Å²) in [7, 11) is 3.98. The van der Waals surface area contributed by atoms with Gasteiger partial charge in [-0.1, -0.05) is 18.2 Å². The SMILES string of the molecule is Cc1cc(C(=O)NCCCN(C)C)nc(NCc2ccccc2F)n1. The van der Waals surface area contributed by atoms with Crippen molar-refractivity contribution in [1.29, 1.82) is 0 Å². The van der Waals surface area contributed by atoms with E-state index in [9.17, 15) is 9.18 Å². The maximum absolute atomic E-state index is 13.7. The first-order valence-electron chi connectivity index (χ1n) is 8.21. The molecule has 1 aromatic carbocycles. The number of hydrogen-bond acceptors (Lipinski definition) is 5. The maximum Gasteiger partial charge on any atom is 0.270 e. The number of nitrogens with zero attached hydrogens (tertiary/aromatic N) is 3. The number of hydrogen-bond donors (Lipinski definition) is 2. The van der Waals surface area contributed by atoms with Crippen LogP contribution in [0.25, 0.3) is 0 Å². The van der Waals surface area contributed by atoms with E-state index in [2.05, 4.69) is 25.5 Å². The largest absolute Gasteiger partial charge is 0.351 e. The lowest BCUT2D eigenvalue weighted by molar-refractivity contribution is 0.0947. The number of halogens is 1. The van der Waals surface area contributed by atoms with E-state index < -0.39 is 0 Å². The molecule has 0 bridgehead atoms. The topological polar surface area (TPSA) is 70.2 Å². The number of carbonyl (C=O) groups is 1. The molecule has 0 atom stereocenters. The molecule has 0 aliphatic carbocycles. The van der Waals surface area contributed by atoms with Crippen LogP contribution in [0.4, 0.5) is 10.3 Å². The first-order valence-corrected chi connectivity index (χ1v) is 8.21. The lowest BCUT2D eigenvalue weighted by Gasteiger charge is -2.11. The quantitative estimate of drug-likeness (QED) is 0.718. The van der Waals surface area contributed by atoms with Crippen LogP contribution in [0.5, 0.6) is 0 Å². The molecule has 1 heterocycles. The molecule has 0 aliphatic rings. The van der Waals surface area contributed by atoms with Gasteiger partial charge in [0.2, 0.25) is 5.95 Å². The molecule has 134 valence electrons. The van der Waals surface area contributed by atoms with Crippen molar-refractivity contribution in [2.75, 3.05) is 32.5 Å². The molecule has 0 radical (unpaired) electrons. The summed E-state index contributed by atoms with van der Waals surface area (Å²) in [5.41, 5.74) is 1.49. The maximum atomic E-state index is 13.7. The summed E-state index contributed by atoms with van der Waals surface area (Å²) in [6.07, 6.45) is 0.862. The highest BCUT2D eigenvalue weighted by Crippen LogP contribution is 2.10. The lowest BCUT2D eigenvalue weighted by Crippen LogP contribution is -2.28. The number of anilines is 1. The molecule has 1 amide bonds. The van der Waals surface area contributed by atoms with E-state index in [-0.39, 0.29) is 18.3 Å². The number of benzene rings is 1. The van der Waals surface area contributed by atoms with E-state index in [0.717, 1.165) is 13.0 Å². The van der Waals surface area contributed by atoms with Crippen LogP contribution < -0.4 is 10.6 Å². The van der Waals surface area contributed by atoms with Crippen LogP contribution in [0.3, 0.4) is 0 Å². The summed E-state index contributed by atoms with van der Waals surface area (Å²) < 4.78 is 13.7. The average Bonchev–Trinajstić information content (AvgIpc) is 2.57. The van der Waals surface area contributed by atoms with Crippen molar-refractivity contribution < 1.29 is 9.18 Å². The molecule has 2 aromatic rings. The Morgan fingerprint density at radius 3 is 2.72 bits per heavy atom. The van der Waals surface area contributed by atoms with Gasteiger partial charge < -0.3 is 15.5 Å². The van der Waals surface area contributed by atoms with E-state index in [4.69, 9.17) is 0 Å². The van der Waals surface area contributed by atoms with Crippen molar-refractivity contribution >= 4 is 11.9 Å². The first-order chi connectivity index (χ1) is 12.0. The van der Waals surface area contributed by atoms with Gasteiger partial charge in [-0.3, -0.25) is 4.79 Å². The van der Waals surface area contributed by atoms with Gasteiger partial charge in [0, 0.05) is 24.3 Å².